The first kappa shape index (κ1) is 28.7. The van der Waals surface area contributed by atoms with E-state index in [1.807, 2.05) is 30.3 Å². The van der Waals surface area contributed by atoms with Crippen LogP contribution in [0.15, 0.2) is 36.4 Å². The van der Waals surface area contributed by atoms with E-state index >= 15 is 0 Å². The van der Waals surface area contributed by atoms with Crippen molar-refractivity contribution in [1.29, 1.82) is 0 Å². The van der Waals surface area contributed by atoms with E-state index in [1.54, 1.807) is 6.92 Å². The number of rotatable bonds is 10. The lowest BCUT2D eigenvalue weighted by Gasteiger charge is -2.34. The van der Waals surface area contributed by atoms with Crippen molar-refractivity contribution >= 4 is 23.9 Å². The lowest BCUT2D eigenvalue weighted by Crippen LogP contribution is -2.56. The minimum atomic E-state index is -1.21. The van der Waals surface area contributed by atoms with Crippen LogP contribution in [0.25, 0.3) is 11.4 Å². The summed E-state index contributed by atoms with van der Waals surface area (Å²) < 4.78 is 10.8. The van der Waals surface area contributed by atoms with Gasteiger partial charge in [0.05, 0.1) is 26.1 Å². The quantitative estimate of drug-likeness (QED) is 0.413. The Kier molecular flexibility index (Phi) is 9.84. The molecule has 1 atom stereocenters. The maximum Gasteiger partial charge on any atom is 0.527 e. The number of nitrogens with one attached hydrogen (secondary N) is 1. The molecule has 2 aromatic rings. The van der Waals surface area contributed by atoms with Crippen LogP contribution in [0, 0.1) is 0 Å². The molecule has 1 saturated heterocycles. The molecule has 1 aliphatic heterocycles. The van der Waals surface area contributed by atoms with E-state index < -0.39 is 36.3 Å². The molecule has 0 radical (unpaired) electrons. The van der Waals surface area contributed by atoms with Gasteiger partial charge in [0.1, 0.15) is 17.8 Å². The molecular formula is C27H34N6O7. The molecule has 1 saturated carbocycles. The smallest absolute Gasteiger partial charge is 0.474 e. The van der Waals surface area contributed by atoms with Gasteiger partial charge in [-0.1, -0.05) is 30.3 Å². The van der Waals surface area contributed by atoms with Gasteiger partial charge in [0.2, 0.25) is 17.7 Å². The standard InChI is InChI=1S/C27H34N6O7/c1-2-38-27(37)40-33-14-12-32(13-15-33)26(36)21(16-22(28)34)30-25(35)20-17-23(39-19-10-6-7-11-19)31-24(29-20)18-8-4-3-5-9-18/h3-5,8-9,17,19,21H,2,6-7,10-16H2,1H3,(H2,28,34)(H,30,35)/t21-/m0/s1. The summed E-state index contributed by atoms with van der Waals surface area (Å²) in [7, 11) is 0. The fourth-order valence-electron chi connectivity index (χ4n) is 4.60. The van der Waals surface area contributed by atoms with Gasteiger partial charge < -0.3 is 30.3 Å². The molecule has 13 nitrogen and oxygen atoms in total. The number of amides is 3. The summed E-state index contributed by atoms with van der Waals surface area (Å²) in [6.45, 7) is 2.71. The van der Waals surface area contributed by atoms with Crippen LogP contribution in [0.5, 0.6) is 5.88 Å². The molecule has 2 aliphatic rings. The number of carbonyl (C=O) groups is 4. The predicted molar refractivity (Wildman–Crippen MR) is 142 cm³/mol. The van der Waals surface area contributed by atoms with Crippen molar-refractivity contribution in [3.05, 3.63) is 42.1 Å². The van der Waals surface area contributed by atoms with Crippen molar-refractivity contribution in [2.75, 3.05) is 32.8 Å². The number of nitrogens with zero attached hydrogens (tertiary/aromatic N) is 4. The number of hydrogen-bond donors (Lipinski definition) is 2. The van der Waals surface area contributed by atoms with Crippen LogP contribution >= 0.6 is 0 Å². The van der Waals surface area contributed by atoms with Gasteiger partial charge in [0.15, 0.2) is 5.82 Å². The van der Waals surface area contributed by atoms with Gasteiger partial charge in [0, 0.05) is 24.7 Å². The van der Waals surface area contributed by atoms with Gasteiger partial charge >= 0.3 is 6.16 Å². The van der Waals surface area contributed by atoms with Crippen molar-refractivity contribution in [2.24, 2.45) is 5.73 Å². The van der Waals surface area contributed by atoms with Gasteiger partial charge in [0.25, 0.3) is 5.91 Å². The van der Waals surface area contributed by atoms with Crippen molar-refractivity contribution in [3.63, 3.8) is 0 Å². The number of piperazine rings is 1. The molecule has 0 spiro atoms. The summed E-state index contributed by atoms with van der Waals surface area (Å²) in [6.07, 6.45) is 2.72. The third-order valence-corrected chi connectivity index (χ3v) is 6.58. The average molecular weight is 555 g/mol. The second-order valence-electron chi connectivity index (χ2n) is 9.53. The van der Waals surface area contributed by atoms with Crippen LogP contribution in [0.4, 0.5) is 4.79 Å². The maximum atomic E-state index is 13.4. The number of carbonyl (C=O) groups excluding carboxylic acids is 4. The Bertz CT molecular complexity index is 1200. The highest BCUT2D eigenvalue weighted by molar-refractivity contribution is 5.98. The minimum Gasteiger partial charge on any atom is -0.474 e. The second kappa shape index (κ2) is 13.7. The molecular weight excluding hydrogens is 520 g/mol. The maximum absolute atomic E-state index is 13.4. The SMILES string of the molecule is CCOC(=O)ON1CCN(C(=O)[C@H](CC(N)=O)NC(=O)c2cc(OC3CCCC3)nc(-c3ccccc3)n2)CC1. The highest BCUT2D eigenvalue weighted by Gasteiger charge is 2.32. The number of nitrogens with two attached hydrogens (primary N) is 1. The average Bonchev–Trinajstić information content (AvgIpc) is 3.46. The first-order valence-corrected chi connectivity index (χ1v) is 13.4. The van der Waals surface area contributed by atoms with Gasteiger partial charge in [-0.2, -0.15) is 4.98 Å². The topological polar surface area (TPSA) is 166 Å². The van der Waals surface area contributed by atoms with Crippen LogP contribution in [0.2, 0.25) is 0 Å². The molecule has 3 amide bonds. The molecule has 1 aromatic heterocycles. The molecule has 40 heavy (non-hydrogen) atoms. The Balaban J connectivity index is 1.48. The summed E-state index contributed by atoms with van der Waals surface area (Å²) in [6, 6.07) is 9.40. The fourth-order valence-corrected chi connectivity index (χ4v) is 4.60. The zero-order chi connectivity index (χ0) is 28.5. The summed E-state index contributed by atoms with van der Waals surface area (Å²) >= 11 is 0. The highest BCUT2D eigenvalue weighted by Crippen LogP contribution is 2.25. The van der Waals surface area contributed by atoms with Gasteiger partial charge in [-0.3, -0.25) is 14.4 Å². The van der Waals surface area contributed by atoms with E-state index in [0.29, 0.717) is 11.4 Å². The van der Waals surface area contributed by atoms with Crippen LogP contribution < -0.4 is 15.8 Å². The van der Waals surface area contributed by atoms with E-state index in [1.165, 1.54) is 16.0 Å². The Morgan fingerprint density at radius 1 is 1.05 bits per heavy atom. The number of aromatic nitrogens is 2. The predicted octanol–water partition coefficient (Wildman–Crippen LogP) is 1.67. The molecule has 2 fully saturated rings. The Hall–Kier alpha value is -4.26. The lowest BCUT2D eigenvalue weighted by atomic mass is 10.1. The van der Waals surface area contributed by atoms with E-state index in [4.69, 9.17) is 20.0 Å². The van der Waals surface area contributed by atoms with E-state index in [-0.39, 0.29) is 50.5 Å². The zero-order valence-electron chi connectivity index (χ0n) is 22.4. The molecule has 214 valence electrons. The first-order chi connectivity index (χ1) is 19.3. The van der Waals surface area contributed by atoms with E-state index in [9.17, 15) is 19.2 Å². The first-order valence-electron chi connectivity index (χ1n) is 13.4. The summed E-state index contributed by atoms with van der Waals surface area (Å²) in [5.74, 6) is -1.33. The van der Waals surface area contributed by atoms with Crippen LogP contribution in [-0.4, -0.2) is 88.7 Å². The summed E-state index contributed by atoms with van der Waals surface area (Å²) in [4.78, 5) is 65.5. The minimum absolute atomic E-state index is 0.00298. The highest BCUT2D eigenvalue weighted by atomic mass is 16.8. The largest absolute Gasteiger partial charge is 0.527 e. The van der Waals surface area contributed by atoms with Crippen LogP contribution in [0.3, 0.4) is 0 Å². The monoisotopic (exact) mass is 554 g/mol. The molecule has 13 heteroatoms. The summed E-state index contributed by atoms with van der Waals surface area (Å²) in [5.41, 5.74) is 6.10. The molecule has 1 aliphatic carbocycles. The third kappa shape index (κ3) is 7.88. The van der Waals surface area contributed by atoms with Gasteiger partial charge in [-0.15, -0.1) is 5.06 Å². The number of hydroxylamine groups is 2. The van der Waals surface area contributed by atoms with Crippen LogP contribution in [0.1, 0.15) is 49.5 Å². The molecule has 0 unspecified atom stereocenters. The summed E-state index contributed by atoms with van der Waals surface area (Å²) in [5, 5.41) is 4.02. The third-order valence-electron chi connectivity index (χ3n) is 6.58. The number of ether oxygens (including phenoxy) is 2. The van der Waals surface area contributed by atoms with E-state index in [2.05, 4.69) is 15.3 Å². The van der Waals surface area contributed by atoms with Gasteiger partial charge in [-0.05, 0) is 32.6 Å². The van der Waals surface area contributed by atoms with Crippen LogP contribution in [-0.2, 0) is 19.2 Å². The van der Waals surface area contributed by atoms with Crippen molar-refractivity contribution in [1.82, 2.24) is 25.2 Å². The number of primary amides is 1. The lowest BCUT2D eigenvalue weighted by molar-refractivity contribution is -0.158. The number of benzene rings is 1. The van der Waals surface area contributed by atoms with Crippen molar-refractivity contribution in [2.45, 2.75) is 51.2 Å². The Labute approximate surface area is 231 Å². The molecule has 2 heterocycles. The Morgan fingerprint density at radius 3 is 2.40 bits per heavy atom. The molecule has 1 aromatic carbocycles. The Morgan fingerprint density at radius 2 is 1.75 bits per heavy atom. The molecule has 0 bridgehead atoms. The zero-order valence-corrected chi connectivity index (χ0v) is 22.4. The molecule has 3 N–H and O–H groups in total. The number of hydrogen-bond acceptors (Lipinski definition) is 10. The van der Waals surface area contributed by atoms with E-state index in [0.717, 1.165) is 25.7 Å². The molecule has 4 rings (SSSR count). The van der Waals surface area contributed by atoms with Crippen molar-refractivity contribution in [3.8, 4) is 17.3 Å². The fraction of sp³-hybridized carbons (Fsp3) is 0.481. The normalized spacial score (nSPS) is 16.7. The van der Waals surface area contributed by atoms with Crippen molar-refractivity contribution < 1.29 is 33.5 Å². The second-order valence-corrected chi connectivity index (χ2v) is 9.53. The van der Waals surface area contributed by atoms with Gasteiger partial charge in [-0.25, -0.2) is 9.78 Å².